The second kappa shape index (κ2) is 15.6. The van der Waals surface area contributed by atoms with Crippen molar-refractivity contribution in [3.05, 3.63) is 234 Å². The summed E-state index contributed by atoms with van der Waals surface area (Å²) in [7, 11) is 0. The van der Waals surface area contributed by atoms with Crippen molar-refractivity contribution in [3.8, 4) is 55.6 Å². The lowest BCUT2D eigenvalue weighted by atomic mass is 9.80. The molecule has 0 fully saturated rings. The number of nitrogens with zero attached hydrogens (tertiary/aromatic N) is 1. The molecule has 0 radical (unpaired) electrons. The molecule has 3 heteroatoms. The van der Waals surface area contributed by atoms with Crippen LogP contribution in [0.5, 0.6) is 0 Å². The summed E-state index contributed by atoms with van der Waals surface area (Å²) in [6.45, 7) is 16.5. The van der Waals surface area contributed by atoms with Crippen molar-refractivity contribution in [2.24, 2.45) is 0 Å². The number of anilines is 3. The van der Waals surface area contributed by atoms with Gasteiger partial charge in [0.25, 0.3) is 0 Å². The number of hydrogen-bond acceptors (Lipinski definition) is 3. The van der Waals surface area contributed by atoms with E-state index in [0.29, 0.717) is 0 Å². The summed E-state index contributed by atoms with van der Waals surface area (Å²) in [5, 5.41) is 4.65. The van der Waals surface area contributed by atoms with Crippen LogP contribution in [0.15, 0.2) is 215 Å². The highest BCUT2D eigenvalue weighted by Crippen LogP contribution is 2.59. The molecule has 0 atom stereocenters. The van der Waals surface area contributed by atoms with Gasteiger partial charge < -0.3 is 13.7 Å². The molecule has 12 aromatic rings. The minimum atomic E-state index is -0.336. The Kier molecular flexibility index (Phi) is 9.24. The highest BCUT2D eigenvalue weighted by molar-refractivity contribution is 6.20. The van der Waals surface area contributed by atoms with Crippen LogP contribution in [0.25, 0.3) is 99.5 Å². The quantitative estimate of drug-likeness (QED) is 0.166. The number of hydrogen-bond donors (Lipinski definition) is 0. The van der Waals surface area contributed by atoms with Crippen LogP contribution in [0.2, 0.25) is 0 Å². The first kappa shape index (κ1) is 43.4. The van der Waals surface area contributed by atoms with Gasteiger partial charge in [-0.15, -0.1) is 0 Å². The Hall–Kier alpha value is -8.40. The SMILES string of the molecule is CC(C)(C)c1ccc(N(c2ccc3c(c2)C(C)(C)c2cc(-c4ccccc4)c4oc5ccccc5c4c2-3)c2ccc3c(c2)C(C)(C)c2cc(-c4ccccc4)c4oc5ccccc5c4c2-3)c(-c2ccccc2)c1. The maximum absolute atomic E-state index is 6.85. The van der Waals surface area contributed by atoms with Gasteiger partial charge in [0.05, 0.1) is 5.69 Å². The van der Waals surface area contributed by atoms with Crippen LogP contribution in [0, 0.1) is 0 Å². The topological polar surface area (TPSA) is 29.5 Å². The zero-order valence-corrected chi connectivity index (χ0v) is 42.4. The van der Waals surface area contributed by atoms with Gasteiger partial charge in [-0.05, 0) is 133 Å². The molecule has 2 aliphatic carbocycles. The average Bonchev–Trinajstić information content (AvgIpc) is 4.11. The van der Waals surface area contributed by atoms with Crippen LogP contribution >= 0.6 is 0 Å². The van der Waals surface area contributed by atoms with Gasteiger partial charge in [-0.3, -0.25) is 0 Å². The molecular formula is C70H55NO2. The van der Waals surface area contributed by atoms with E-state index in [4.69, 9.17) is 8.83 Å². The van der Waals surface area contributed by atoms with Crippen LogP contribution in [0.3, 0.4) is 0 Å². The molecule has 0 N–H and O–H groups in total. The van der Waals surface area contributed by atoms with Gasteiger partial charge in [-0.2, -0.15) is 0 Å². The summed E-state index contributed by atoms with van der Waals surface area (Å²) >= 11 is 0. The number of furan rings is 2. The molecule has 352 valence electrons. The third-order valence-corrected chi connectivity index (χ3v) is 16.4. The monoisotopic (exact) mass is 941 g/mol. The van der Waals surface area contributed by atoms with E-state index in [2.05, 4.69) is 260 Å². The summed E-state index contributed by atoms with van der Waals surface area (Å²) < 4.78 is 13.7. The van der Waals surface area contributed by atoms with Gasteiger partial charge in [0, 0.05) is 60.4 Å². The summed E-state index contributed by atoms with van der Waals surface area (Å²) in [5.74, 6) is 0. The van der Waals surface area contributed by atoms with Gasteiger partial charge in [0.15, 0.2) is 0 Å². The molecule has 0 aliphatic heterocycles. The number of rotatable bonds is 6. The Balaban J connectivity index is 1.02. The van der Waals surface area contributed by atoms with E-state index in [1.54, 1.807) is 0 Å². The molecule has 73 heavy (non-hydrogen) atoms. The highest BCUT2D eigenvalue weighted by Gasteiger charge is 2.42. The first-order valence-corrected chi connectivity index (χ1v) is 25.7. The number of para-hydroxylation sites is 2. The maximum atomic E-state index is 6.85. The van der Waals surface area contributed by atoms with Crippen molar-refractivity contribution in [2.45, 2.75) is 64.7 Å². The molecular weight excluding hydrogens is 887 g/mol. The largest absolute Gasteiger partial charge is 0.455 e. The molecule has 3 nitrogen and oxygen atoms in total. The lowest BCUT2D eigenvalue weighted by Gasteiger charge is -2.32. The van der Waals surface area contributed by atoms with Crippen molar-refractivity contribution in [3.63, 3.8) is 0 Å². The second-order valence-electron chi connectivity index (χ2n) is 22.4. The molecule has 14 rings (SSSR count). The lowest BCUT2D eigenvalue weighted by Crippen LogP contribution is -2.19. The van der Waals surface area contributed by atoms with Gasteiger partial charge in [-0.25, -0.2) is 0 Å². The first-order chi connectivity index (χ1) is 35.4. The van der Waals surface area contributed by atoms with Gasteiger partial charge in [0.1, 0.15) is 22.3 Å². The van der Waals surface area contributed by atoms with Crippen molar-refractivity contribution in [2.75, 3.05) is 4.90 Å². The van der Waals surface area contributed by atoms with Crippen molar-refractivity contribution < 1.29 is 8.83 Å². The van der Waals surface area contributed by atoms with Crippen molar-refractivity contribution in [1.82, 2.24) is 0 Å². The summed E-state index contributed by atoms with van der Waals surface area (Å²) in [5.41, 5.74) is 24.8. The van der Waals surface area contributed by atoms with Crippen LogP contribution < -0.4 is 4.90 Å². The Morgan fingerprint density at radius 1 is 0.370 bits per heavy atom. The zero-order valence-electron chi connectivity index (χ0n) is 42.4. The first-order valence-electron chi connectivity index (χ1n) is 25.7. The van der Waals surface area contributed by atoms with Crippen LogP contribution in [-0.2, 0) is 16.2 Å². The standard InChI is InChI=1S/C70H55NO2/c1-68(2,3)45-31-36-59(52(37-45)42-21-11-8-12-22-42)71(46-32-34-48-55(38-46)69(4,5)57-40-53(43-23-13-9-14-24-43)66-64(62(48)57)50-27-17-19-29-60(50)72-66)47-33-35-49-56(39-47)70(6,7)58-41-54(44-25-15-10-16-26-44)67-65(63(49)58)51-28-18-20-30-61(51)73-67/h8-41H,1-7H3. The molecule has 0 bridgehead atoms. The minimum Gasteiger partial charge on any atom is -0.455 e. The van der Waals surface area contributed by atoms with E-state index in [1.807, 2.05) is 0 Å². The summed E-state index contributed by atoms with van der Waals surface area (Å²) in [4.78, 5) is 2.53. The second-order valence-corrected chi connectivity index (χ2v) is 22.4. The van der Waals surface area contributed by atoms with Gasteiger partial charge in [-0.1, -0.05) is 194 Å². The van der Waals surface area contributed by atoms with E-state index >= 15 is 0 Å². The Morgan fingerprint density at radius 2 is 0.781 bits per heavy atom. The number of fused-ring (bicyclic) bond motifs is 14. The molecule has 2 aromatic heterocycles. The summed E-state index contributed by atoms with van der Waals surface area (Å²) in [6.07, 6.45) is 0. The normalized spacial score (nSPS) is 14.2. The van der Waals surface area contributed by atoms with Crippen molar-refractivity contribution in [1.29, 1.82) is 0 Å². The highest BCUT2D eigenvalue weighted by atomic mass is 16.3. The fourth-order valence-corrected chi connectivity index (χ4v) is 12.6. The molecule has 0 saturated carbocycles. The lowest BCUT2D eigenvalue weighted by molar-refractivity contribution is 0.590. The fourth-order valence-electron chi connectivity index (χ4n) is 12.6. The van der Waals surface area contributed by atoms with Crippen molar-refractivity contribution >= 4 is 60.9 Å². The smallest absolute Gasteiger partial charge is 0.143 e. The van der Waals surface area contributed by atoms with E-state index < -0.39 is 0 Å². The fraction of sp³-hybridized carbons (Fsp3) is 0.143. The predicted octanol–water partition coefficient (Wildman–Crippen LogP) is 19.9. The average molecular weight is 942 g/mol. The molecule has 0 spiro atoms. The zero-order chi connectivity index (χ0) is 49.5. The maximum Gasteiger partial charge on any atom is 0.143 e. The van der Waals surface area contributed by atoms with E-state index in [0.717, 1.165) is 72.4 Å². The van der Waals surface area contributed by atoms with Crippen LogP contribution in [-0.4, -0.2) is 0 Å². The third kappa shape index (κ3) is 6.37. The summed E-state index contributed by atoms with van der Waals surface area (Å²) in [6, 6.07) is 75.9. The van der Waals surface area contributed by atoms with Gasteiger partial charge in [0.2, 0.25) is 0 Å². The Morgan fingerprint density at radius 3 is 1.22 bits per heavy atom. The Labute approximate surface area is 427 Å². The van der Waals surface area contributed by atoms with Gasteiger partial charge >= 0.3 is 0 Å². The molecule has 10 aromatic carbocycles. The predicted molar refractivity (Wildman–Crippen MR) is 306 cm³/mol. The molecule has 2 heterocycles. The molecule has 0 amide bonds. The molecule has 0 saturated heterocycles. The molecule has 0 unspecified atom stereocenters. The van der Waals surface area contributed by atoms with E-state index in [-0.39, 0.29) is 16.2 Å². The van der Waals surface area contributed by atoms with E-state index in [9.17, 15) is 0 Å². The van der Waals surface area contributed by atoms with E-state index in [1.165, 1.54) is 72.0 Å². The molecule has 2 aliphatic rings. The van der Waals surface area contributed by atoms with Crippen LogP contribution in [0.1, 0.15) is 76.3 Å². The third-order valence-electron chi connectivity index (χ3n) is 16.4. The number of benzene rings is 10. The van der Waals surface area contributed by atoms with Crippen LogP contribution in [0.4, 0.5) is 17.1 Å². The minimum absolute atomic E-state index is 0.0536. The Bertz CT molecular complexity index is 4000.